The summed E-state index contributed by atoms with van der Waals surface area (Å²) < 4.78 is 16.4. The molecule has 0 saturated carbocycles. The molecule has 7 heteroatoms. The van der Waals surface area contributed by atoms with E-state index in [1.165, 1.54) is 11.9 Å². The Balaban J connectivity index is 0.00000243. The highest BCUT2D eigenvalue weighted by molar-refractivity contribution is 5.96. The number of hydrogen-bond donors (Lipinski definition) is 1. The molecule has 6 nitrogen and oxygen atoms in total. The summed E-state index contributed by atoms with van der Waals surface area (Å²) in [5.74, 6) is 2.31. The molecular formula is C19H22ClN3O3. The number of nitrogens with zero attached hydrogens (tertiary/aromatic N) is 2. The average molecular weight is 376 g/mol. The van der Waals surface area contributed by atoms with Gasteiger partial charge in [-0.25, -0.2) is 9.97 Å². The molecule has 0 radical (unpaired) electrons. The summed E-state index contributed by atoms with van der Waals surface area (Å²) in [5, 5.41) is 4.24. The Bertz CT molecular complexity index is 875. The van der Waals surface area contributed by atoms with Gasteiger partial charge >= 0.3 is 0 Å². The van der Waals surface area contributed by atoms with Gasteiger partial charge in [-0.05, 0) is 18.6 Å². The van der Waals surface area contributed by atoms with E-state index >= 15 is 0 Å². The van der Waals surface area contributed by atoms with Crippen LogP contribution in [0, 0.1) is 0 Å². The van der Waals surface area contributed by atoms with Gasteiger partial charge in [0.1, 0.15) is 17.7 Å². The molecule has 0 aliphatic rings. The molecule has 3 rings (SSSR count). The summed E-state index contributed by atoms with van der Waals surface area (Å²) in [6, 6.07) is 12.1. The molecule has 3 aromatic rings. The molecule has 0 spiro atoms. The molecule has 1 heterocycles. The molecule has 0 bridgehead atoms. The Hall–Kier alpha value is -2.73. The van der Waals surface area contributed by atoms with Gasteiger partial charge in [-0.1, -0.05) is 30.3 Å². The number of rotatable bonds is 6. The molecule has 1 N–H and O–H groups in total. The molecule has 0 unspecified atom stereocenters. The number of halogens is 1. The molecule has 0 saturated heterocycles. The number of nitrogens with one attached hydrogen (secondary N) is 1. The van der Waals surface area contributed by atoms with Gasteiger partial charge in [0.05, 0.1) is 26.7 Å². The highest BCUT2D eigenvalue weighted by atomic mass is 35.5. The summed E-state index contributed by atoms with van der Waals surface area (Å²) >= 11 is 0. The second kappa shape index (κ2) is 8.58. The number of aromatic nitrogens is 2. The quantitative estimate of drug-likeness (QED) is 0.694. The number of fused-ring (bicyclic) bond motifs is 1. The smallest absolute Gasteiger partial charge is 0.205 e. The summed E-state index contributed by atoms with van der Waals surface area (Å²) in [7, 11) is 4.75. The number of ether oxygens (including phenoxy) is 3. The Morgan fingerprint density at radius 3 is 2.23 bits per heavy atom. The summed E-state index contributed by atoms with van der Waals surface area (Å²) in [6.45, 7) is 2.08. The lowest BCUT2D eigenvalue weighted by Gasteiger charge is -2.18. The van der Waals surface area contributed by atoms with Crippen LogP contribution in [0.5, 0.6) is 17.2 Å². The lowest BCUT2D eigenvalue weighted by molar-refractivity contribution is 0.327. The van der Waals surface area contributed by atoms with Gasteiger partial charge in [-0.3, -0.25) is 0 Å². The predicted molar refractivity (Wildman–Crippen MR) is 105 cm³/mol. The maximum Gasteiger partial charge on any atom is 0.205 e. The minimum Gasteiger partial charge on any atom is -0.493 e. The maximum atomic E-state index is 5.51. The van der Waals surface area contributed by atoms with Crippen molar-refractivity contribution in [3.63, 3.8) is 0 Å². The molecule has 1 aromatic heterocycles. The monoisotopic (exact) mass is 375 g/mol. The largest absolute Gasteiger partial charge is 0.493 e. The Kier molecular flexibility index (Phi) is 6.46. The van der Waals surface area contributed by atoms with Gasteiger partial charge in [0, 0.05) is 6.04 Å². The lowest BCUT2D eigenvalue weighted by atomic mass is 10.1. The van der Waals surface area contributed by atoms with Crippen LogP contribution in [0.15, 0.2) is 42.7 Å². The van der Waals surface area contributed by atoms with E-state index in [9.17, 15) is 0 Å². The SMILES string of the molecule is COc1cc2c(N[C@H](C)c3ccccc3)ncnc2c(OC)c1OC.Cl. The van der Waals surface area contributed by atoms with E-state index in [1.54, 1.807) is 21.3 Å². The third-order valence-electron chi connectivity index (χ3n) is 4.09. The third kappa shape index (κ3) is 3.60. The first kappa shape index (κ1) is 19.6. The molecule has 0 amide bonds. The number of anilines is 1. The molecule has 26 heavy (non-hydrogen) atoms. The van der Waals surface area contributed by atoms with Crippen molar-refractivity contribution in [2.75, 3.05) is 26.6 Å². The minimum absolute atomic E-state index is 0. The van der Waals surface area contributed by atoms with Crippen molar-refractivity contribution in [1.29, 1.82) is 0 Å². The number of hydrogen-bond acceptors (Lipinski definition) is 6. The Morgan fingerprint density at radius 2 is 1.62 bits per heavy atom. The van der Waals surface area contributed by atoms with Crippen molar-refractivity contribution in [3.05, 3.63) is 48.3 Å². The van der Waals surface area contributed by atoms with Crippen LogP contribution < -0.4 is 19.5 Å². The van der Waals surface area contributed by atoms with E-state index in [2.05, 4.69) is 34.3 Å². The zero-order valence-electron chi connectivity index (χ0n) is 15.1. The van der Waals surface area contributed by atoms with Crippen LogP contribution in [0.1, 0.15) is 18.5 Å². The fourth-order valence-electron chi connectivity index (χ4n) is 2.81. The van der Waals surface area contributed by atoms with E-state index < -0.39 is 0 Å². The first-order valence-electron chi connectivity index (χ1n) is 7.94. The van der Waals surface area contributed by atoms with Gasteiger partial charge in [0.25, 0.3) is 0 Å². The van der Waals surface area contributed by atoms with Crippen molar-refractivity contribution >= 4 is 29.1 Å². The lowest BCUT2D eigenvalue weighted by Crippen LogP contribution is -2.09. The highest BCUT2D eigenvalue weighted by Crippen LogP contribution is 2.44. The number of methoxy groups -OCH3 is 3. The van der Waals surface area contributed by atoms with E-state index in [0.29, 0.717) is 28.6 Å². The molecule has 0 aliphatic carbocycles. The molecule has 2 aromatic carbocycles. The first-order chi connectivity index (χ1) is 12.2. The van der Waals surface area contributed by atoms with Gasteiger partial charge in [0.15, 0.2) is 11.5 Å². The standard InChI is InChI=1S/C19H21N3O3.ClH/c1-12(13-8-6-5-7-9-13)22-19-14-10-15(23-2)17(24-3)18(25-4)16(14)20-11-21-19;/h5-12H,1-4H3,(H,20,21,22);1H/t12-;/m1./s1. The zero-order chi connectivity index (χ0) is 17.8. The van der Waals surface area contributed by atoms with Gasteiger partial charge in [-0.15, -0.1) is 12.4 Å². The van der Waals surface area contributed by atoms with E-state index in [-0.39, 0.29) is 18.4 Å². The van der Waals surface area contributed by atoms with Crippen LogP contribution in [0.25, 0.3) is 10.9 Å². The molecule has 0 fully saturated rings. The topological polar surface area (TPSA) is 65.5 Å². The van der Waals surface area contributed by atoms with E-state index in [1.807, 2.05) is 24.3 Å². The maximum absolute atomic E-state index is 5.51. The van der Waals surface area contributed by atoms with Crippen LogP contribution in [0.3, 0.4) is 0 Å². The zero-order valence-corrected chi connectivity index (χ0v) is 16.0. The van der Waals surface area contributed by atoms with Gasteiger partial charge < -0.3 is 19.5 Å². The summed E-state index contributed by atoms with van der Waals surface area (Å²) in [4.78, 5) is 8.77. The van der Waals surface area contributed by atoms with Crippen molar-refractivity contribution in [2.45, 2.75) is 13.0 Å². The predicted octanol–water partition coefficient (Wildman–Crippen LogP) is 4.25. The summed E-state index contributed by atoms with van der Waals surface area (Å²) in [5.41, 5.74) is 1.83. The van der Waals surface area contributed by atoms with Crippen molar-refractivity contribution < 1.29 is 14.2 Å². The highest BCUT2D eigenvalue weighted by Gasteiger charge is 2.20. The molecule has 1 atom stereocenters. The Morgan fingerprint density at radius 1 is 0.923 bits per heavy atom. The average Bonchev–Trinajstić information content (AvgIpc) is 2.67. The van der Waals surface area contributed by atoms with E-state index in [0.717, 1.165) is 5.39 Å². The Labute approximate surface area is 158 Å². The van der Waals surface area contributed by atoms with Crippen LogP contribution in [0.4, 0.5) is 5.82 Å². The third-order valence-corrected chi connectivity index (χ3v) is 4.09. The summed E-state index contributed by atoms with van der Waals surface area (Å²) in [6.07, 6.45) is 1.51. The molecular weight excluding hydrogens is 354 g/mol. The second-order valence-electron chi connectivity index (χ2n) is 5.54. The molecule has 138 valence electrons. The van der Waals surface area contributed by atoms with Crippen molar-refractivity contribution in [3.8, 4) is 17.2 Å². The van der Waals surface area contributed by atoms with E-state index in [4.69, 9.17) is 14.2 Å². The van der Waals surface area contributed by atoms with Crippen LogP contribution in [-0.2, 0) is 0 Å². The first-order valence-corrected chi connectivity index (χ1v) is 7.94. The minimum atomic E-state index is 0. The fourth-order valence-corrected chi connectivity index (χ4v) is 2.81. The number of benzene rings is 2. The van der Waals surface area contributed by atoms with Crippen molar-refractivity contribution in [1.82, 2.24) is 9.97 Å². The van der Waals surface area contributed by atoms with Gasteiger partial charge in [0.2, 0.25) is 5.75 Å². The normalized spacial score (nSPS) is 11.4. The molecule has 0 aliphatic heterocycles. The van der Waals surface area contributed by atoms with Gasteiger partial charge in [-0.2, -0.15) is 0 Å². The second-order valence-corrected chi connectivity index (χ2v) is 5.54. The fraction of sp³-hybridized carbons (Fsp3) is 0.263. The van der Waals surface area contributed by atoms with Crippen LogP contribution >= 0.6 is 12.4 Å². The van der Waals surface area contributed by atoms with Crippen molar-refractivity contribution in [2.24, 2.45) is 0 Å². The van der Waals surface area contributed by atoms with Crippen LogP contribution in [-0.4, -0.2) is 31.3 Å². The van der Waals surface area contributed by atoms with Crippen LogP contribution in [0.2, 0.25) is 0 Å².